The molecule has 0 saturated carbocycles. The first-order chi connectivity index (χ1) is 13.4. The van der Waals surface area contributed by atoms with Crippen molar-refractivity contribution in [2.75, 3.05) is 58.4 Å². The third-order valence-electron chi connectivity index (χ3n) is 5.17. The summed E-state index contributed by atoms with van der Waals surface area (Å²) < 4.78 is 38.2. The van der Waals surface area contributed by atoms with E-state index in [4.69, 9.17) is 9.47 Å². The monoisotopic (exact) mass is 411 g/mol. The molecule has 0 amide bonds. The molecule has 0 spiro atoms. The van der Waals surface area contributed by atoms with E-state index >= 15 is 0 Å². The Morgan fingerprint density at radius 3 is 2.54 bits per heavy atom. The molecule has 0 bridgehead atoms. The number of nitrogens with zero attached hydrogens (tertiary/aromatic N) is 2. The molecule has 1 N–H and O–H groups in total. The maximum atomic E-state index is 13.1. The summed E-state index contributed by atoms with van der Waals surface area (Å²) >= 11 is 0. The van der Waals surface area contributed by atoms with Gasteiger partial charge < -0.3 is 19.7 Å². The third kappa shape index (κ3) is 4.83. The van der Waals surface area contributed by atoms with Crippen LogP contribution in [0, 0.1) is 0 Å². The van der Waals surface area contributed by atoms with Gasteiger partial charge in [0.25, 0.3) is 0 Å². The Morgan fingerprint density at radius 2 is 1.89 bits per heavy atom. The Bertz CT molecular complexity index is 785. The van der Waals surface area contributed by atoms with Crippen LogP contribution in [-0.4, -0.2) is 82.7 Å². The van der Waals surface area contributed by atoms with Crippen molar-refractivity contribution in [2.45, 2.75) is 30.7 Å². The molecule has 1 aromatic carbocycles. The zero-order valence-corrected chi connectivity index (χ0v) is 17.3. The largest absolute Gasteiger partial charge is 0.462 e. The van der Waals surface area contributed by atoms with Crippen LogP contribution in [-0.2, 0) is 19.5 Å². The average Bonchev–Trinajstić information content (AvgIpc) is 2.69. The lowest BCUT2D eigenvalue weighted by atomic mass is 10.1. The first kappa shape index (κ1) is 21.0. The van der Waals surface area contributed by atoms with Crippen LogP contribution in [0.5, 0.6) is 0 Å². The molecule has 1 aromatic rings. The van der Waals surface area contributed by atoms with Crippen LogP contribution in [0.2, 0.25) is 0 Å². The van der Waals surface area contributed by atoms with Crippen molar-refractivity contribution < 1.29 is 22.7 Å². The van der Waals surface area contributed by atoms with E-state index < -0.39 is 16.0 Å². The fourth-order valence-electron chi connectivity index (χ4n) is 3.43. The molecule has 2 aliphatic rings. The predicted octanol–water partition coefficient (Wildman–Crippen LogP) is 1.39. The Kier molecular flexibility index (Phi) is 6.92. The number of piperazine rings is 1. The number of nitrogens with one attached hydrogen (secondary N) is 1. The molecule has 3 rings (SSSR count). The minimum absolute atomic E-state index is 0.128. The molecule has 9 heteroatoms. The number of ether oxygens (including phenoxy) is 2. The number of carbonyl (C=O) groups is 1. The van der Waals surface area contributed by atoms with Crippen LogP contribution in [0.4, 0.5) is 5.69 Å². The summed E-state index contributed by atoms with van der Waals surface area (Å²) in [5, 5.41) is 3.34. The highest BCUT2D eigenvalue weighted by molar-refractivity contribution is 7.89. The van der Waals surface area contributed by atoms with Crippen molar-refractivity contribution in [3.8, 4) is 0 Å². The lowest BCUT2D eigenvalue weighted by Crippen LogP contribution is -2.47. The summed E-state index contributed by atoms with van der Waals surface area (Å²) in [6, 6.07) is 4.73. The Labute approximate surface area is 166 Å². The van der Waals surface area contributed by atoms with E-state index in [0.29, 0.717) is 50.6 Å². The van der Waals surface area contributed by atoms with Gasteiger partial charge >= 0.3 is 5.97 Å². The van der Waals surface area contributed by atoms with Gasteiger partial charge in [-0.1, -0.05) is 0 Å². The van der Waals surface area contributed by atoms with E-state index in [1.165, 1.54) is 10.4 Å². The minimum Gasteiger partial charge on any atom is -0.462 e. The first-order valence-corrected chi connectivity index (χ1v) is 11.2. The lowest BCUT2D eigenvalue weighted by molar-refractivity contribution is 0.0527. The Hall–Kier alpha value is -1.68. The van der Waals surface area contributed by atoms with E-state index in [1.54, 1.807) is 19.1 Å². The van der Waals surface area contributed by atoms with Crippen molar-refractivity contribution in [1.29, 1.82) is 0 Å². The molecular formula is C19H29N3O5S. The van der Waals surface area contributed by atoms with Gasteiger partial charge in [-0.3, -0.25) is 0 Å². The van der Waals surface area contributed by atoms with Crippen LogP contribution in [0.25, 0.3) is 0 Å². The molecule has 0 unspecified atom stereocenters. The summed E-state index contributed by atoms with van der Waals surface area (Å²) in [5.41, 5.74) is 0.853. The molecule has 0 aliphatic carbocycles. The number of rotatable bonds is 6. The highest BCUT2D eigenvalue weighted by Gasteiger charge is 2.29. The standard InChI is InChI=1S/C19H29N3O5S/c1-3-27-19(23)17-5-4-16(14-18(17)20-15-6-12-26-13-7-15)28(24,25)22-10-8-21(2)9-11-22/h4-5,14-15,20H,3,6-13H2,1-2H3. The molecule has 0 atom stereocenters. The maximum absolute atomic E-state index is 13.1. The topological polar surface area (TPSA) is 88.2 Å². The zero-order valence-electron chi connectivity index (χ0n) is 16.5. The van der Waals surface area contributed by atoms with E-state index in [2.05, 4.69) is 10.2 Å². The van der Waals surface area contributed by atoms with Gasteiger partial charge in [-0.05, 0) is 45.0 Å². The van der Waals surface area contributed by atoms with Crippen LogP contribution >= 0.6 is 0 Å². The molecule has 2 heterocycles. The highest BCUT2D eigenvalue weighted by atomic mass is 32.2. The number of likely N-dealkylation sites (N-methyl/N-ethyl adjacent to an activating group) is 1. The fraction of sp³-hybridized carbons (Fsp3) is 0.632. The van der Waals surface area contributed by atoms with Gasteiger partial charge in [0, 0.05) is 45.4 Å². The number of sulfonamides is 1. The summed E-state index contributed by atoms with van der Waals surface area (Å²) in [4.78, 5) is 14.7. The highest BCUT2D eigenvalue weighted by Crippen LogP contribution is 2.27. The molecule has 2 saturated heterocycles. The van der Waals surface area contributed by atoms with E-state index in [9.17, 15) is 13.2 Å². The van der Waals surface area contributed by atoms with Crippen LogP contribution in [0.3, 0.4) is 0 Å². The van der Waals surface area contributed by atoms with Crippen LogP contribution in [0.15, 0.2) is 23.1 Å². The average molecular weight is 412 g/mol. The normalized spacial score (nSPS) is 20.1. The van der Waals surface area contributed by atoms with Gasteiger partial charge in [-0.15, -0.1) is 0 Å². The second-order valence-electron chi connectivity index (χ2n) is 7.17. The molecule has 156 valence electrons. The van der Waals surface area contributed by atoms with Gasteiger partial charge in [0.1, 0.15) is 0 Å². The zero-order chi connectivity index (χ0) is 20.1. The van der Waals surface area contributed by atoms with Gasteiger partial charge in [-0.25, -0.2) is 13.2 Å². The number of hydrogen-bond acceptors (Lipinski definition) is 7. The van der Waals surface area contributed by atoms with Crippen LogP contribution in [0.1, 0.15) is 30.1 Å². The SMILES string of the molecule is CCOC(=O)c1ccc(S(=O)(=O)N2CCN(C)CC2)cc1NC1CCOCC1. The van der Waals surface area contributed by atoms with Gasteiger partial charge in [-0.2, -0.15) is 4.31 Å². The summed E-state index contributed by atoms with van der Waals surface area (Å²) in [6.45, 7) is 5.62. The van der Waals surface area contributed by atoms with Crippen LogP contribution < -0.4 is 5.32 Å². The number of anilines is 1. The van der Waals surface area contributed by atoms with E-state index in [0.717, 1.165) is 12.8 Å². The van der Waals surface area contributed by atoms with Crippen molar-refractivity contribution in [3.63, 3.8) is 0 Å². The molecular weight excluding hydrogens is 382 g/mol. The maximum Gasteiger partial charge on any atom is 0.340 e. The second kappa shape index (κ2) is 9.21. The molecule has 8 nitrogen and oxygen atoms in total. The molecule has 0 aromatic heterocycles. The summed E-state index contributed by atoms with van der Waals surface area (Å²) in [6.07, 6.45) is 1.61. The molecule has 28 heavy (non-hydrogen) atoms. The predicted molar refractivity (Wildman–Crippen MR) is 106 cm³/mol. The van der Waals surface area contributed by atoms with Gasteiger partial charge in [0.05, 0.1) is 22.8 Å². The number of carbonyl (C=O) groups excluding carboxylic acids is 1. The Balaban J connectivity index is 1.89. The van der Waals surface area contributed by atoms with Gasteiger partial charge in [0.2, 0.25) is 10.0 Å². The first-order valence-electron chi connectivity index (χ1n) is 9.76. The number of benzene rings is 1. The summed E-state index contributed by atoms with van der Waals surface area (Å²) in [7, 11) is -1.63. The number of hydrogen-bond donors (Lipinski definition) is 1. The van der Waals surface area contributed by atoms with Crippen molar-refractivity contribution in [3.05, 3.63) is 23.8 Å². The minimum atomic E-state index is -3.61. The number of esters is 1. The van der Waals surface area contributed by atoms with Gasteiger partial charge in [0.15, 0.2) is 0 Å². The van der Waals surface area contributed by atoms with Crippen molar-refractivity contribution in [1.82, 2.24) is 9.21 Å². The van der Waals surface area contributed by atoms with Crippen molar-refractivity contribution in [2.24, 2.45) is 0 Å². The quantitative estimate of drug-likeness (QED) is 0.708. The fourth-order valence-corrected chi connectivity index (χ4v) is 4.88. The molecule has 2 fully saturated rings. The van der Waals surface area contributed by atoms with Crippen molar-refractivity contribution >= 4 is 21.7 Å². The van der Waals surface area contributed by atoms with E-state index in [-0.39, 0.29) is 17.5 Å². The smallest absolute Gasteiger partial charge is 0.340 e. The summed E-state index contributed by atoms with van der Waals surface area (Å²) in [5.74, 6) is -0.458. The molecule has 2 aliphatic heterocycles. The van der Waals surface area contributed by atoms with E-state index in [1.807, 2.05) is 7.05 Å². The third-order valence-corrected chi connectivity index (χ3v) is 7.06. The second-order valence-corrected chi connectivity index (χ2v) is 9.10. The molecule has 0 radical (unpaired) electrons. The lowest BCUT2D eigenvalue weighted by Gasteiger charge is -2.32. The Morgan fingerprint density at radius 1 is 1.21 bits per heavy atom.